The average Bonchev–Trinajstić information content (AvgIpc) is 2.47. The molecule has 0 spiro atoms. The second-order valence-electron chi connectivity index (χ2n) is 4.74. The summed E-state index contributed by atoms with van der Waals surface area (Å²) in [5, 5.41) is 3.36. The number of halogens is 1. The van der Waals surface area contributed by atoms with E-state index in [0.717, 1.165) is 13.1 Å². The Bertz CT molecular complexity index is 419. The number of nitrogens with one attached hydrogen (secondary N) is 1. The summed E-state index contributed by atoms with van der Waals surface area (Å²) in [5.41, 5.74) is 0.508. The van der Waals surface area contributed by atoms with Gasteiger partial charge in [0, 0.05) is 12.5 Å². The number of piperidine rings is 1. The lowest BCUT2D eigenvalue weighted by molar-refractivity contribution is 0.0520. The summed E-state index contributed by atoms with van der Waals surface area (Å²) < 4.78 is 10.8. The van der Waals surface area contributed by atoms with Crippen molar-refractivity contribution in [1.29, 1.82) is 0 Å². The van der Waals surface area contributed by atoms with Crippen LogP contribution in [0.25, 0.3) is 0 Å². The highest BCUT2D eigenvalue weighted by Crippen LogP contribution is 2.21. The van der Waals surface area contributed by atoms with Crippen LogP contribution in [0.4, 0.5) is 0 Å². The van der Waals surface area contributed by atoms with Gasteiger partial charge in [0.15, 0.2) is 0 Å². The van der Waals surface area contributed by atoms with Crippen LogP contribution in [0.1, 0.15) is 30.1 Å². The topological polar surface area (TPSA) is 47.6 Å². The van der Waals surface area contributed by atoms with Gasteiger partial charge in [-0.1, -0.05) is 12.1 Å². The Labute approximate surface area is 126 Å². The normalized spacial score (nSPS) is 17.9. The lowest BCUT2D eigenvalue weighted by Gasteiger charge is -2.23. The van der Waals surface area contributed by atoms with Crippen LogP contribution in [-0.2, 0) is 4.74 Å². The van der Waals surface area contributed by atoms with Crippen LogP contribution in [0.15, 0.2) is 24.3 Å². The summed E-state index contributed by atoms with van der Waals surface area (Å²) >= 11 is 0. The van der Waals surface area contributed by atoms with Gasteiger partial charge in [0.1, 0.15) is 11.3 Å². The molecule has 1 saturated heterocycles. The van der Waals surface area contributed by atoms with E-state index in [9.17, 15) is 4.79 Å². The Kier molecular flexibility index (Phi) is 7.41. The molecule has 1 aromatic carbocycles. The summed E-state index contributed by atoms with van der Waals surface area (Å²) in [7, 11) is 0. The fraction of sp³-hybridized carbons (Fsp3) is 0.533. The van der Waals surface area contributed by atoms with Crippen LogP contribution >= 0.6 is 12.4 Å². The first-order valence-corrected chi connectivity index (χ1v) is 6.91. The minimum atomic E-state index is -0.320. The van der Waals surface area contributed by atoms with Crippen LogP contribution in [0.2, 0.25) is 0 Å². The van der Waals surface area contributed by atoms with E-state index in [1.807, 2.05) is 18.2 Å². The van der Waals surface area contributed by atoms with Gasteiger partial charge in [-0.05, 0) is 38.4 Å². The summed E-state index contributed by atoms with van der Waals surface area (Å²) in [6.45, 7) is 4.90. The smallest absolute Gasteiger partial charge is 0.341 e. The van der Waals surface area contributed by atoms with Crippen LogP contribution in [0, 0.1) is 5.92 Å². The first-order valence-electron chi connectivity index (χ1n) is 6.91. The van der Waals surface area contributed by atoms with Crippen molar-refractivity contribution in [3.8, 4) is 5.75 Å². The van der Waals surface area contributed by atoms with E-state index in [-0.39, 0.29) is 18.4 Å². The van der Waals surface area contributed by atoms with Gasteiger partial charge in [0.05, 0.1) is 13.2 Å². The van der Waals surface area contributed by atoms with E-state index in [0.29, 0.717) is 30.4 Å². The minimum Gasteiger partial charge on any atom is -0.492 e. The highest BCUT2D eigenvalue weighted by atomic mass is 35.5. The molecule has 1 aliphatic rings. The monoisotopic (exact) mass is 299 g/mol. The third kappa shape index (κ3) is 4.69. The fourth-order valence-corrected chi connectivity index (χ4v) is 2.24. The zero-order valence-electron chi connectivity index (χ0n) is 11.8. The van der Waals surface area contributed by atoms with Crippen LogP contribution in [0.3, 0.4) is 0 Å². The molecule has 0 bridgehead atoms. The molecular formula is C15H22ClNO3. The van der Waals surface area contributed by atoms with Crippen molar-refractivity contribution in [3.05, 3.63) is 29.8 Å². The summed E-state index contributed by atoms with van der Waals surface area (Å²) in [4.78, 5) is 11.8. The first-order chi connectivity index (χ1) is 9.31. The molecule has 0 saturated carbocycles. The predicted octanol–water partition coefficient (Wildman–Crippen LogP) is 2.66. The van der Waals surface area contributed by atoms with Crippen molar-refractivity contribution in [2.75, 3.05) is 26.3 Å². The Morgan fingerprint density at radius 2 is 2.20 bits per heavy atom. The predicted molar refractivity (Wildman–Crippen MR) is 80.7 cm³/mol. The first kappa shape index (κ1) is 16.8. The van der Waals surface area contributed by atoms with Gasteiger partial charge < -0.3 is 14.8 Å². The zero-order valence-corrected chi connectivity index (χ0v) is 12.6. The summed E-state index contributed by atoms with van der Waals surface area (Å²) in [5.74, 6) is 0.815. The van der Waals surface area contributed by atoms with Crippen LogP contribution in [0.5, 0.6) is 5.75 Å². The van der Waals surface area contributed by atoms with Gasteiger partial charge in [-0.3, -0.25) is 0 Å². The Hall–Kier alpha value is -1.26. The van der Waals surface area contributed by atoms with Crippen LogP contribution < -0.4 is 10.1 Å². The Morgan fingerprint density at radius 3 is 2.90 bits per heavy atom. The van der Waals surface area contributed by atoms with E-state index in [2.05, 4.69) is 5.32 Å². The zero-order chi connectivity index (χ0) is 13.5. The van der Waals surface area contributed by atoms with Gasteiger partial charge in [0.25, 0.3) is 0 Å². The van der Waals surface area contributed by atoms with Crippen LogP contribution in [-0.4, -0.2) is 32.3 Å². The number of ether oxygens (including phenoxy) is 2. The molecule has 1 unspecified atom stereocenters. The minimum absolute atomic E-state index is 0. The molecule has 0 radical (unpaired) electrons. The molecule has 112 valence electrons. The molecule has 0 aromatic heterocycles. The molecule has 1 aromatic rings. The molecule has 1 N–H and O–H groups in total. The SMILES string of the molecule is CCOC(=O)c1ccccc1OCC1CCCNC1.Cl. The van der Waals surface area contributed by atoms with E-state index >= 15 is 0 Å². The maximum absolute atomic E-state index is 11.8. The molecule has 1 fully saturated rings. The number of esters is 1. The lowest BCUT2D eigenvalue weighted by atomic mass is 10.0. The molecule has 1 atom stereocenters. The molecule has 2 rings (SSSR count). The maximum atomic E-state index is 11.8. The van der Waals surface area contributed by atoms with Crippen molar-refractivity contribution < 1.29 is 14.3 Å². The number of hydrogen-bond acceptors (Lipinski definition) is 4. The highest BCUT2D eigenvalue weighted by Gasteiger charge is 2.16. The van der Waals surface area contributed by atoms with E-state index in [1.165, 1.54) is 12.8 Å². The third-order valence-corrected chi connectivity index (χ3v) is 3.26. The Morgan fingerprint density at radius 1 is 1.40 bits per heavy atom. The molecule has 5 heteroatoms. The van der Waals surface area contributed by atoms with Gasteiger partial charge >= 0.3 is 5.97 Å². The molecule has 0 amide bonds. The second kappa shape index (κ2) is 8.82. The number of carbonyl (C=O) groups excluding carboxylic acids is 1. The van der Waals surface area contributed by atoms with Crippen molar-refractivity contribution in [2.24, 2.45) is 5.92 Å². The van der Waals surface area contributed by atoms with Gasteiger partial charge in [0.2, 0.25) is 0 Å². The van der Waals surface area contributed by atoms with Crippen molar-refractivity contribution in [1.82, 2.24) is 5.32 Å². The molecule has 0 aliphatic carbocycles. The lowest BCUT2D eigenvalue weighted by Crippen LogP contribution is -2.33. The van der Waals surface area contributed by atoms with Crippen molar-refractivity contribution in [3.63, 3.8) is 0 Å². The maximum Gasteiger partial charge on any atom is 0.341 e. The molecule has 1 heterocycles. The number of rotatable bonds is 5. The van der Waals surface area contributed by atoms with Crippen molar-refractivity contribution in [2.45, 2.75) is 19.8 Å². The molecule has 20 heavy (non-hydrogen) atoms. The van der Waals surface area contributed by atoms with E-state index in [4.69, 9.17) is 9.47 Å². The largest absolute Gasteiger partial charge is 0.492 e. The molecule has 4 nitrogen and oxygen atoms in total. The summed E-state index contributed by atoms with van der Waals surface area (Å²) in [6.07, 6.45) is 2.36. The van der Waals surface area contributed by atoms with Gasteiger partial charge in [-0.25, -0.2) is 4.79 Å². The fourth-order valence-electron chi connectivity index (χ4n) is 2.24. The standard InChI is InChI=1S/C15H21NO3.ClH/c1-2-18-15(17)13-7-3-4-8-14(13)19-11-12-6-5-9-16-10-12;/h3-4,7-8,12,16H,2,5-6,9-11H2,1H3;1H. The number of benzene rings is 1. The average molecular weight is 300 g/mol. The quantitative estimate of drug-likeness (QED) is 0.849. The summed E-state index contributed by atoms with van der Waals surface area (Å²) in [6, 6.07) is 7.26. The van der Waals surface area contributed by atoms with Gasteiger partial charge in [-0.2, -0.15) is 0 Å². The number of carbonyl (C=O) groups is 1. The third-order valence-electron chi connectivity index (χ3n) is 3.26. The molecular weight excluding hydrogens is 278 g/mol. The Balaban J connectivity index is 0.00000200. The van der Waals surface area contributed by atoms with Gasteiger partial charge in [-0.15, -0.1) is 12.4 Å². The van der Waals surface area contributed by atoms with Crippen molar-refractivity contribution >= 4 is 18.4 Å². The van der Waals surface area contributed by atoms with E-state index in [1.54, 1.807) is 13.0 Å². The highest BCUT2D eigenvalue weighted by molar-refractivity contribution is 5.92. The number of hydrogen-bond donors (Lipinski definition) is 1. The molecule has 1 aliphatic heterocycles. The second-order valence-corrected chi connectivity index (χ2v) is 4.74. The van der Waals surface area contributed by atoms with E-state index < -0.39 is 0 Å². The number of para-hydroxylation sites is 1.